The second kappa shape index (κ2) is 6.20. The minimum atomic E-state index is -0.102. The van der Waals surface area contributed by atoms with Gasteiger partial charge in [0.1, 0.15) is 6.33 Å². The number of hydrogen-bond acceptors (Lipinski definition) is 4. The highest BCUT2D eigenvalue weighted by Crippen LogP contribution is 2.21. The predicted molar refractivity (Wildman–Crippen MR) is 94.4 cm³/mol. The number of carbonyl (C=O) groups is 1. The van der Waals surface area contributed by atoms with Gasteiger partial charge < -0.3 is 9.88 Å². The summed E-state index contributed by atoms with van der Waals surface area (Å²) >= 11 is 0. The number of nitrogens with one attached hydrogen (secondary N) is 1. The van der Waals surface area contributed by atoms with Crippen LogP contribution in [0.25, 0.3) is 16.9 Å². The van der Waals surface area contributed by atoms with Crippen LogP contribution < -0.4 is 5.32 Å². The molecule has 0 aliphatic rings. The molecule has 3 aromatic heterocycles. The highest BCUT2D eigenvalue weighted by atomic mass is 16.1. The van der Waals surface area contributed by atoms with E-state index in [9.17, 15) is 4.79 Å². The molecule has 25 heavy (non-hydrogen) atoms. The van der Waals surface area contributed by atoms with E-state index in [4.69, 9.17) is 0 Å². The van der Waals surface area contributed by atoms with Crippen molar-refractivity contribution < 1.29 is 4.79 Å². The second-order valence-electron chi connectivity index (χ2n) is 5.75. The molecule has 0 fully saturated rings. The topological polar surface area (TPSA) is 77.6 Å². The average molecular weight is 332 g/mol. The molecule has 0 unspecified atom stereocenters. The Morgan fingerprint density at radius 2 is 2.00 bits per heavy atom. The number of anilines is 1. The highest BCUT2D eigenvalue weighted by Gasteiger charge is 2.11. The molecule has 1 aromatic carbocycles. The van der Waals surface area contributed by atoms with Gasteiger partial charge in [0.2, 0.25) is 11.9 Å². The summed E-state index contributed by atoms with van der Waals surface area (Å²) in [5.41, 5.74) is 2.67. The molecule has 1 N–H and O–H groups in total. The predicted octanol–water partition coefficient (Wildman–Crippen LogP) is 2.34. The zero-order chi connectivity index (χ0) is 17.2. The number of benzene rings is 1. The van der Waals surface area contributed by atoms with Crippen LogP contribution >= 0.6 is 0 Å². The molecule has 7 nitrogen and oxygen atoms in total. The van der Waals surface area contributed by atoms with Crippen molar-refractivity contribution >= 4 is 22.5 Å². The molecule has 0 aliphatic carbocycles. The highest BCUT2D eigenvalue weighted by molar-refractivity contribution is 5.95. The summed E-state index contributed by atoms with van der Waals surface area (Å²) in [6.45, 7) is 0. The van der Waals surface area contributed by atoms with Gasteiger partial charge in [-0.1, -0.05) is 18.2 Å². The fourth-order valence-corrected chi connectivity index (χ4v) is 2.84. The van der Waals surface area contributed by atoms with Crippen molar-refractivity contribution in [2.75, 3.05) is 5.32 Å². The first kappa shape index (κ1) is 15.1. The standard InChI is InChI=1S/C18H16N6O/c1-23-11-13(15-4-2-3-5-16(15)23)8-17(25)22-14-9-20-18(21-10-14)24-7-6-19-12-24/h2-7,9-12H,8H2,1H3,(H,22,25). The smallest absolute Gasteiger partial charge is 0.234 e. The van der Waals surface area contributed by atoms with Gasteiger partial charge in [0, 0.05) is 36.5 Å². The van der Waals surface area contributed by atoms with Crippen molar-refractivity contribution in [1.29, 1.82) is 0 Å². The SMILES string of the molecule is Cn1cc(CC(=O)Nc2cnc(-n3ccnc3)nc2)c2ccccc21. The van der Waals surface area contributed by atoms with Gasteiger partial charge in [-0.15, -0.1) is 0 Å². The summed E-state index contributed by atoms with van der Waals surface area (Å²) < 4.78 is 3.72. The molecule has 124 valence electrons. The Labute approximate surface area is 144 Å². The quantitative estimate of drug-likeness (QED) is 0.622. The third-order valence-electron chi connectivity index (χ3n) is 3.99. The number of fused-ring (bicyclic) bond motifs is 1. The lowest BCUT2D eigenvalue weighted by atomic mass is 10.1. The number of imidazole rings is 1. The van der Waals surface area contributed by atoms with E-state index in [-0.39, 0.29) is 5.91 Å². The maximum atomic E-state index is 12.4. The fourth-order valence-electron chi connectivity index (χ4n) is 2.84. The second-order valence-corrected chi connectivity index (χ2v) is 5.75. The number of rotatable bonds is 4. The molecule has 0 aliphatic heterocycles. The average Bonchev–Trinajstić information content (AvgIpc) is 3.25. The fraction of sp³-hybridized carbons (Fsp3) is 0.111. The summed E-state index contributed by atoms with van der Waals surface area (Å²) in [5.74, 6) is 0.403. The number of aromatic nitrogens is 5. The number of carbonyl (C=O) groups excluding carboxylic acids is 1. The minimum absolute atomic E-state index is 0.102. The molecule has 3 heterocycles. The molecule has 0 saturated heterocycles. The van der Waals surface area contributed by atoms with Crippen LogP contribution in [0.5, 0.6) is 0 Å². The van der Waals surface area contributed by atoms with Crippen molar-refractivity contribution in [3.8, 4) is 5.95 Å². The molecule has 0 saturated carbocycles. The minimum Gasteiger partial charge on any atom is -0.350 e. The van der Waals surface area contributed by atoms with Crippen LogP contribution in [0.3, 0.4) is 0 Å². The molecule has 4 rings (SSSR count). The Hall–Kier alpha value is -3.48. The maximum absolute atomic E-state index is 12.4. The molecule has 0 spiro atoms. The van der Waals surface area contributed by atoms with Crippen LogP contribution in [0, 0.1) is 0 Å². The molecule has 7 heteroatoms. The first-order valence-corrected chi connectivity index (χ1v) is 7.84. The van der Waals surface area contributed by atoms with Crippen molar-refractivity contribution in [3.05, 3.63) is 67.1 Å². The van der Waals surface area contributed by atoms with E-state index in [2.05, 4.69) is 20.3 Å². The van der Waals surface area contributed by atoms with Gasteiger partial charge >= 0.3 is 0 Å². The van der Waals surface area contributed by atoms with Crippen LogP contribution in [-0.2, 0) is 18.3 Å². The molecule has 0 bridgehead atoms. The first-order chi connectivity index (χ1) is 12.2. The first-order valence-electron chi connectivity index (χ1n) is 7.84. The maximum Gasteiger partial charge on any atom is 0.234 e. The third-order valence-corrected chi connectivity index (χ3v) is 3.99. The lowest BCUT2D eigenvalue weighted by Gasteiger charge is -2.05. The lowest BCUT2D eigenvalue weighted by Crippen LogP contribution is -2.15. The van der Waals surface area contributed by atoms with Gasteiger partial charge in [-0.3, -0.25) is 9.36 Å². The van der Waals surface area contributed by atoms with Crippen LogP contribution in [0.2, 0.25) is 0 Å². The zero-order valence-corrected chi connectivity index (χ0v) is 13.6. The lowest BCUT2D eigenvalue weighted by molar-refractivity contribution is -0.115. The van der Waals surface area contributed by atoms with Gasteiger partial charge in [0.15, 0.2) is 0 Å². The monoisotopic (exact) mass is 332 g/mol. The van der Waals surface area contributed by atoms with Crippen LogP contribution in [-0.4, -0.2) is 30.0 Å². The van der Waals surface area contributed by atoms with Gasteiger partial charge in [-0.25, -0.2) is 15.0 Å². The van der Waals surface area contributed by atoms with E-state index in [1.807, 2.05) is 42.1 Å². The number of para-hydroxylation sites is 1. The summed E-state index contributed by atoms with van der Waals surface area (Å²) in [6.07, 6.45) is 10.5. The van der Waals surface area contributed by atoms with Crippen LogP contribution in [0.15, 0.2) is 61.6 Å². The largest absolute Gasteiger partial charge is 0.350 e. The summed E-state index contributed by atoms with van der Waals surface area (Å²) in [7, 11) is 1.98. The van der Waals surface area contributed by atoms with E-state index < -0.39 is 0 Å². The van der Waals surface area contributed by atoms with E-state index in [0.29, 0.717) is 18.1 Å². The Balaban J connectivity index is 1.48. The van der Waals surface area contributed by atoms with Crippen molar-refractivity contribution in [1.82, 2.24) is 24.1 Å². The van der Waals surface area contributed by atoms with Gasteiger partial charge in [-0.05, 0) is 11.6 Å². The number of aryl methyl sites for hydroxylation is 1. The number of hydrogen-bond donors (Lipinski definition) is 1. The summed E-state index contributed by atoms with van der Waals surface area (Å²) in [4.78, 5) is 24.8. The van der Waals surface area contributed by atoms with E-state index in [0.717, 1.165) is 16.5 Å². The van der Waals surface area contributed by atoms with Gasteiger partial charge in [0.25, 0.3) is 0 Å². The molecule has 0 atom stereocenters. The van der Waals surface area contributed by atoms with E-state index >= 15 is 0 Å². The third kappa shape index (κ3) is 2.99. The summed E-state index contributed by atoms with van der Waals surface area (Å²) in [6, 6.07) is 8.04. The van der Waals surface area contributed by atoms with Crippen molar-refractivity contribution in [3.63, 3.8) is 0 Å². The van der Waals surface area contributed by atoms with Crippen molar-refractivity contribution in [2.24, 2.45) is 7.05 Å². The Morgan fingerprint density at radius 1 is 1.20 bits per heavy atom. The van der Waals surface area contributed by atoms with Crippen LogP contribution in [0.4, 0.5) is 5.69 Å². The Bertz CT molecular complexity index is 1020. The molecule has 4 aromatic rings. The number of nitrogens with zero attached hydrogens (tertiary/aromatic N) is 5. The zero-order valence-electron chi connectivity index (χ0n) is 13.6. The Morgan fingerprint density at radius 3 is 2.76 bits per heavy atom. The van der Waals surface area contributed by atoms with E-state index in [1.165, 1.54) is 0 Å². The normalized spacial score (nSPS) is 10.9. The molecule has 1 amide bonds. The van der Waals surface area contributed by atoms with Crippen molar-refractivity contribution in [2.45, 2.75) is 6.42 Å². The van der Waals surface area contributed by atoms with E-state index in [1.54, 1.807) is 35.7 Å². The molecule has 0 radical (unpaired) electrons. The summed E-state index contributed by atoms with van der Waals surface area (Å²) in [5, 5.41) is 3.93. The van der Waals surface area contributed by atoms with Crippen LogP contribution in [0.1, 0.15) is 5.56 Å². The van der Waals surface area contributed by atoms with Gasteiger partial charge in [-0.2, -0.15) is 0 Å². The molecular formula is C18H16N6O. The van der Waals surface area contributed by atoms with Gasteiger partial charge in [0.05, 0.1) is 24.5 Å². The number of amides is 1. The molecular weight excluding hydrogens is 316 g/mol. The Kier molecular flexibility index (Phi) is 3.74.